The Morgan fingerprint density at radius 3 is 2.60 bits per heavy atom. The molecule has 1 amide bonds. The third kappa shape index (κ3) is 3.78. The number of aryl methyl sites for hydroxylation is 1. The van der Waals surface area contributed by atoms with Crippen molar-refractivity contribution in [1.82, 2.24) is 9.21 Å². The van der Waals surface area contributed by atoms with E-state index in [0.29, 0.717) is 25.2 Å². The number of carbonyl (C=O) groups is 1. The van der Waals surface area contributed by atoms with E-state index in [2.05, 4.69) is 0 Å². The molecule has 1 aliphatic rings. The molecule has 2 heterocycles. The highest BCUT2D eigenvalue weighted by molar-refractivity contribution is 7.89. The van der Waals surface area contributed by atoms with Crippen molar-refractivity contribution >= 4 is 27.3 Å². The summed E-state index contributed by atoms with van der Waals surface area (Å²) in [5.41, 5.74) is 1.22. The molecule has 1 aromatic heterocycles. The summed E-state index contributed by atoms with van der Waals surface area (Å²) in [7, 11) is -1.78. The van der Waals surface area contributed by atoms with E-state index in [0.717, 1.165) is 23.3 Å². The van der Waals surface area contributed by atoms with Gasteiger partial charge >= 0.3 is 0 Å². The molecule has 134 valence electrons. The highest BCUT2D eigenvalue weighted by atomic mass is 32.2. The Morgan fingerprint density at radius 2 is 1.96 bits per heavy atom. The Bertz CT molecular complexity index is 854. The summed E-state index contributed by atoms with van der Waals surface area (Å²) < 4.78 is 27.0. The topological polar surface area (TPSA) is 57.7 Å². The summed E-state index contributed by atoms with van der Waals surface area (Å²) in [6, 6.07) is 8.77. The summed E-state index contributed by atoms with van der Waals surface area (Å²) in [6.45, 7) is 3.45. The molecule has 5 nitrogen and oxygen atoms in total. The molecule has 0 N–H and O–H groups in total. The van der Waals surface area contributed by atoms with Crippen LogP contribution in [-0.2, 0) is 16.6 Å². The lowest BCUT2D eigenvalue weighted by Gasteiger charge is -2.20. The molecule has 0 bridgehead atoms. The van der Waals surface area contributed by atoms with Gasteiger partial charge in [-0.05, 0) is 48.9 Å². The number of carbonyl (C=O) groups excluding carboxylic acids is 1. The van der Waals surface area contributed by atoms with Crippen molar-refractivity contribution in [1.29, 1.82) is 0 Å². The van der Waals surface area contributed by atoms with Gasteiger partial charge < -0.3 is 4.90 Å². The molecule has 25 heavy (non-hydrogen) atoms. The van der Waals surface area contributed by atoms with Gasteiger partial charge in [0, 0.05) is 30.6 Å². The van der Waals surface area contributed by atoms with Crippen molar-refractivity contribution in [2.45, 2.75) is 31.2 Å². The number of sulfonamides is 1. The van der Waals surface area contributed by atoms with Gasteiger partial charge in [0.05, 0.1) is 11.4 Å². The lowest BCUT2D eigenvalue weighted by Crippen LogP contribution is -2.29. The second kappa shape index (κ2) is 7.27. The van der Waals surface area contributed by atoms with E-state index in [9.17, 15) is 13.2 Å². The molecule has 2 aromatic rings. The first-order valence-corrected chi connectivity index (χ1v) is 10.6. The molecule has 0 radical (unpaired) electrons. The normalized spacial score (nSPS) is 15.4. The molecule has 3 rings (SSSR count). The summed E-state index contributed by atoms with van der Waals surface area (Å²) in [4.78, 5) is 15.7. The zero-order chi connectivity index (χ0) is 18.0. The highest BCUT2D eigenvalue weighted by Crippen LogP contribution is 2.24. The average molecular weight is 379 g/mol. The summed E-state index contributed by atoms with van der Waals surface area (Å²) >= 11 is 1.60. The molecule has 0 saturated carbocycles. The number of amides is 1. The summed E-state index contributed by atoms with van der Waals surface area (Å²) in [6.07, 6.45) is 1.78. The van der Waals surface area contributed by atoms with Crippen LogP contribution in [-0.4, -0.2) is 43.7 Å². The number of hydrogen-bond acceptors (Lipinski definition) is 4. The third-order valence-corrected chi connectivity index (χ3v) is 7.22. The van der Waals surface area contributed by atoms with Crippen molar-refractivity contribution in [2.24, 2.45) is 0 Å². The highest BCUT2D eigenvalue weighted by Gasteiger charge is 2.28. The number of thiophene rings is 1. The average Bonchev–Trinajstić information content (AvgIpc) is 3.28. The third-order valence-electron chi connectivity index (χ3n) is 4.46. The number of hydrogen-bond donors (Lipinski definition) is 0. The SMILES string of the molecule is Cc1ccc(S(=O)(=O)N2CCCC2)cc1C(=O)N(C)Cc1cccs1. The zero-order valence-electron chi connectivity index (χ0n) is 14.4. The molecule has 1 aliphatic heterocycles. The predicted molar refractivity (Wildman–Crippen MR) is 99.3 cm³/mol. The van der Waals surface area contributed by atoms with Crippen LogP contribution in [0, 0.1) is 6.92 Å². The second-order valence-corrected chi connectivity index (χ2v) is 9.30. The van der Waals surface area contributed by atoms with Crippen LogP contribution in [0.2, 0.25) is 0 Å². The molecule has 0 unspecified atom stereocenters. The minimum Gasteiger partial charge on any atom is -0.337 e. The van der Waals surface area contributed by atoms with Crippen LogP contribution >= 0.6 is 11.3 Å². The first-order chi connectivity index (χ1) is 11.9. The van der Waals surface area contributed by atoms with Gasteiger partial charge in [0.25, 0.3) is 5.91 Å². The molecule has 0 atom stereocenters. The fraction of sp³-hybridized carbons (Fsp3) is 0.389. The van der Waals surface area contributed by atoms with Crippen LogP contribution in [0.25, 0.3) is 0 Å². The van der Waals surface area contributed by atoms with Crippen molar-refractivity contribution in [2.75, 3.05) is 20.1 Å². The Morgan fingerprint density at radius 1 is 1.24 bits per heavy atom. The van der Waals surface area contributed by atoms with Crippen molar-refractivity contribution in [3.8, 4) is 0 Å². The van der Waals surface area contributed by atoms with Crippen LogP contribution < -0.4 is 0 Å². The monoisotopic (exact) mass is 378 g/mol. The molecule has 7 heteroatoms. The van der Waals surface area contributed by atoms with Crippen LogP contribution in [0.4, 0.5) is 0 Å². The van der Waals surface area contributed by atoms with Gasteiger partial charge in [-0.25, -0.2) is 8.42 Å². The predicted octanol–water partition coefficient (Wildman–Crippen LogP) is 3.11. The molecule has 0 aliphatic carbocycles. The maximum atomic E-state index is 12.8. The number of rotatable bonds is 5. The van der Waals surface area contributed by atoms with Crippen molar-refractivity contribution in [3.05, 3.63) is 51.7 Å². The van der Waals surface area contributed by atoms with E-state index in [1.165, 1.54) is 10.4 Å². The van der Waals surface area contributed by atoms with E-state index in [-0.39, 0.29) is 10.8 Å². The zero-order valence-corrected chi connectivity index (χ0v) is 16.1. The number of nitrogens with zero attached hydrogens (tertiary/aromatic N) is 2. The first kappa shape index (κ1) is 18.1. The smallest absolute Gasteiger partial charge is 0.254 e. The fourth-order valence-corrected chi connectivity index (χ4v) is 5.28. The molecular weight excluding hydrogens is 356 g/mol. The Labute approximate surface area is 152 Å². The molecule has 1 saturated heterocycles. The Hall–Kier alpha value is -1.70. The largest absolute Gasteiger partial charge is 0.337 e. The van der Waals surface area contributed by atoms with Crippen LogP contribution in [0.3, 0.4) is 0 Å². The second-order valence-electron chi connectivity index (χ2n) is 6.33. The van der Waals surface area contributed by atoms with Crippen LogP contribution in [0.5, 0.6) is 0 Å². The van der Waals surface area contributed by atoms with Gasteiger partial charge in [0.2, 0.25) is 10.0 Å². The van der Waals surface area contributed by atoms with E-state index in [4.69, 9.17) is 0 Å². The van der Waals surface area contributed by atoms with Gasteiger partial charge in [-0.2, -0.15) is 4.31 Å². The lowest BCUT2D eigenvalue weighted by molar-refractivity contribution is 0.0785. The van der Waals surface area contributed by atoms with Crippen molar-refractivity contribution < 1.29 is 13.2 Å². The van der Waals surface area contributed by atoms with Gasteiger partial charge in [-0.15, -0.1) is 11.3 Å². The molecule has 1 fully saturated rings. The summed E-state index contributed by atoms with van der Waals surface area (Å²) in [5, 5.41) is 1.97. The number of benzene rings is 1. The minimum atomic E-state index is -3.52. The molecular formula is C18H22N2O3S2. The van der Waals surface area contributed by atoms with E-state index >= 15 is 0 Å². The van der Waals surface area contributed by atoms with Crippen LogP contribution in [0.15, 0.2) is 40.6 Å². The lowest BCUT2D eigenvalue weighted by atomic mass is 10.1. The van der Waals surface area contributed by atoms with Gasteiger partial charge in [-0.1, -0.05) is 12.1 Å². The maximum Gasteiger partial charge on any atom is 0.254 e. The Kier molecular flexibility index (Phi) is 5.27. The molecule has 1 aromatic carbocycles. The minimum absolute atomic E-state index is 0.163. The Balaban J connectivity index is 1.87. The van der Waals surface area contributed by atoms with E-state index in [1.54, 1.807) is 35.4 Å². The molecule has 0 spiro atoms. The van der Waals surface area contributed by atoms with Gasteiger partial charge in [0.1, 0.15) is 0 Å². The standard InChI is InChI=1S/C18H22N2O3S2/c1-14-7-8-16(25(22,23)20-9-3-4-10-20)12-17(14)18(21)19(2)13-15-6-5-11-24-15/h5-8,11-12H,3-4,9-10,13H2,1-2H3. The van der Waals surface area contributed by atoms with E-state index in [1.807, 2.05) is 24.4 Å². The van der Waals surface area contributed by atoms with Gasteiger partial charge in [0.15, 0.2) is 0 Å². The first-order valence-electron chi connectivity index (χ1n) is 8.28. The van der Waals surface area contributed by atoms with Crippen molar-refractivity contribution in [3.63, 3.8) is 0 Å². The summed E-state index contributed by atoms with van der Waals surface area (Å²) in [5.74, 6) is -0.163. The van der Waals surface area contributed by atoms with Gasteiger partial charge in [-0.3, -0.25) is 4.79 Å². The quantitative estimate of drug-likeness (QED) is 0.803. The maximum absolute atomic E-state index is 12.8. The fourth-order valence-electron chi connectivity index (χ4n) is 2.98. The van der Waals surface area contributed by atoms with E-state index < -0.39 is 10.0 Å². The van der Waals surface area contributed by atoms with Crippen LogP contribution in [0.1, 0.15) is 33.6 Å².